The minimum Gasteiger partial charge on any atom is -0.340 e. The van der Waals surface area contributed by atoms with E-state index in [0.29, 0.717) is 12.2 Å². The molecule has 28 heavy (non-hydrogen) atoms. The van der Waals surface area contributed by atoms with Gasteiger partial charge in [-0.25, -0.2) is 13.8 Å². The van der Waals surface area contributed by atoms with Crippen LogP contribution in [-0.2, 0) is 13.6 Å². The first-order chi connectivity index (χ1) is 13.5. The number of imidazole rings is 1. The fourth-order valence-electron chi connectivity index (χ4n) is 3.37. The number of nitrogens with zero attached hydrogens (tertiary/aromatic N) is 4. The van der Waals surface area contributed by atoms with Crippen LogP contribution in [0.1, 0.15) is 35.3 Å². The van der Waals surface area contributed by atoms with Crippen LogP contribution in [0.4, 0.5) is 8.78 Å². The van der Waals surface area contributed by atoms with E-state index in [1.807, 2.05) is 7.05 Å². The van der Waals surface area contributed by atoms with Gasteiger partial charge in [0.15, 0.2) is 0 Å². The van der Waals surface area contributed by atoms with E-state index in [4.69, 9.17) is 0 Å². The number of amides is 1. The quantitative estimate of drug-likeness (QED) is 0.671. The first-order valence-corrected chi connectivity index (χ1v) is 9.21. The van der Waals surface area contributed by atoms with Gasteiger partial charge < -0.3 is 9.47 Å². The standard InChI is InChI=1S/C21H20F2N4O/c1-26-12-19(25-13-26)21(28)27(15-4-2-5-15)11-14-7-8-17(22)16(10-14)20-18(23)6-3-9-24-20/h3,6-10,12-13,15H,2,4-5,11H2,1H3. The number of benzene rings is 1. The van der Waals surface area contributed by atoms with Gasteiger partial charge in [0.05, 0.1) is 6.33 Å². The first kappa shape index (κ1) is 18.3. The Morgan fingerprint density at radius 1 is 1.21 bits per heavy atom. The summed E-state index contributed by atoms with van der Waals surface area (Å²) in [6.07, 6.45) is 7.64. The van der Waals surface area contributed by atoms with Crippen LogP contribution in [0.25, 0.3) is 11.3 Å². The van der Waals surface area contributed by atoms with Crippen molar-refractivity contribution in [1.29, 1.82) is 0 Å². The van der Waals surface area contributed by atoms with E-state index in [1.54, 1.807) is 34.1 Å². The van der Waals surface area contributed by atoms with E-state index < -0.39 is 11.6 Å². The van der Waals surface area contributed by atoms with Gasteiger partial charge in [0.25, 0.3) is 5.91 Å². The fraction of sp³-hybridized carbons (Fsp3) is 0.286. The van der Waals surface area contributed by atoms with Crippen LogP contribution in [0.5, 0.6) is 0 Å². The van der Waals surface area contributed by atoms with E-state index >= 15 is 0 Å². The Morgan fingerprint density at radius 3 is 2.68 bits per heavy atom. The summed E-state index contributed by atoms with van der Waals surface area (Å²) in [5, 5.41) is 0. The Balaban J connectivity index is 1.65. The highest BCUT2D eigenvalue weighted by Gasteiger charge is 2.30. The Hall–Kier alpha value is -3.09. The molecule has 0 bridgehead atoms. The third kappa shape index (κ3) is 3.52. The number of halogens is 2. The number of hydrogen-bond donors (Lipinski definition) is 0. The predicted octanol–water partition coefficient (Wildman–Crippen LogP) is 3.96. The zero-order valence-electron chi connectivity index (χ0n) is 15.5. The van der Waals surface area contributed by atoms with Crippen molar-refractivity contribution in [3.8, 4) is 11.3 Å². The summed E-state index contributed by atoms with van der Waals surface area (Å²) in [5.74, 6) is -1.29. The van der Waals surface area contributed by atoms with Crippen LogP contribution in [0.2, 0.25) is 0 Å². The smallest absolute Gasteiger partial charge is 0.274 e. The first-order valence-electron chi connectivity index (χ1n) is 9.21. The maximum atomic E-state index is 14.3. The number of carbonyl (C=O) groups excluding carboxylic acids is 1. The van der Waals surface area contributed by atoms with Gasteiger partial charge in [-0.15, -0.1) is 0 Å². The monoisotopic (exact) mass is 382 g/mol. The molecule has 0 spiro atoms. The van der Waals surface area contributed by atoms with E-state index in [-0.39, 0.29) is 23.2 Å². The second-order valence-corrected chi connectivity index (χ2v) is 7.09. The lowest BCUT2D eigenvalue weighted by atomic mass is 9.90. The molecule has 2 aromatic heterocycles. The molecule has 1 amide bonds. The summed E-state index contributed by atoms with van der Waals surface area (Å²) in [6.45, 7) is 0.307. The van der Waals surface area contributed by atoms with Gasteiger partial charge in [-0.1, -0.05) is 6.07 Å². The van der Waals surface area contributed by atoms with E-state index in [0.717, 1.165) is 24.8 Å². The average Bonchev–Trinajstić information content (AvgIpc) is 3.07. The molecule has 3 aromatic rings. The second kappa shape index (κ2) is 7.50. The topological polar surface area (TPSA) is 51.0 Å². The second-order valence-electron chi connectivity index (χ2n) is 7.09. The lowest BCUT2D eigenvalue weighted by molar-refractivity contribution is 0.0551. The molecule has 0 saturated heterocycles. The van der Waals surface area contributed by atoms with Gasteiger partial charge in [-0.2, -0.15) is 0 Å². The van der Waals surface area contributed by atoms with Gasteiger partial charge in [0, 0.05) is 37.6 Å². The molecule has 144 valence electrons. The Morgan fingerprint density at radius 2 is 2.04 bits per heavy atom. The highest BCUT2D eigenvalue weighted by molar-refractivity contribution is 5.92. The van der Waals surface area contributed by atoms with Crippen molar-refractivity contribution in [3.63, 3.8) is 0 Å². The van der Waals surface area contributed by atoms with Crippen molar-refractivity contribution in [2.75, 3.05) is 0 Å². The average molecular weight is 382 g/mol. The summed E-state index contributed by atoms with van der Waals surface area (Å²) in [7, 11) is 1.81. The van der Waals surface area contributed by atoms with Gasteiger partial charge in [-0.05, 0) is 49.1 Å². The highest BCUT2D eigenvalue weighted by atomic mass is 19.1. The predicted molar refractivity (Wildman–Crippen MR) is 100 cm³/mol. The van der Waals surface area contributed by atoms with Gasteiger partial charge in [0.2, 0.25) is 0 Å². The Bertz CT molecular complexity index is 1010. The van der Waals surface area contributed by atoms with E-state index in [2.05, 4.69) is 9.97 Å². The summed E-state index contributed by atoms with van der Waals surface area (Å²) >= 11 is 0. The lowest BCUT2D eigenvalue weighted by Crippen LogP contribution is -2.43. The molecule has 1 aliphatic carbocycles. The number of pyridine rings is 1. The van der Waals surface area contributed by atoms with Gasteiger partial charge in [0.1, 0.15) is 23.0 Å². The molecule has 5 nitrogen and oxygen atoms in total. The molecule has 7 heteroatoms. The number of aromatic nitrogens is 3. The number of rotatable bonds is 5. The van der Waals surface area contributed by atoms with Crippen molar-refractivity contribution in [2.24, 2.45) is 7.05 Å². The molecule has 4 rings (SSSR count). The minimum absolute atomic E-state index is 0.0342. The number of carbonyl (C=O) groups is 1. The Labute approximate surface area is 161 Å². The SMILES string of the molecule is Cn1cnc(C(=O)N(Cc2ccc(F)c(-c3ncccc3F)c2)C2CCC2)c1. The summed E-state index contributed by atoms with van der Waals surface area (Å²) in [4.78, 5) is 22.9. The van der Waals surface area contributed by atoms with Crippen molar-refractivity contribution < 1.29 is 13.6 Å². The molecule has 0 N–H and O–H groups in total. The van der Waals surface area contributed by atoms with Crippen LogP contribution in [0.3, 0.4) is 0 Å². The van der Waals surface area contributed by atoms with Gasteiger partial charge >= 0.3 is 0 Å². The molecule has 0 radical (unpaired) electrons. The maximum Gasteiger partial charge on any atom is 0.274 e. The minimum atomic E-state index is -0.584. The van der Waals surface area contributed by atoms with Crippen LogP contribution in [0.15, 0.2) is 49.1 Å². The zero-order chi connectivity index (χ0) is 19.7. The highest BCUT2D eigenvalue weighted by Crippen LogP contribution is 2.29. The molecular formula is C21H20F2N4O. The third-order valence-electron chi connectivity index (χ3n) is 5.10. The summed E-state index contributed by atoms with van der Waals surface area (Å²) in [6, 6.07) is 7.33. The lowest BCUT2D eigenvalue weighted by Gasteiger charge is -2.37. The zero-order valence-corrected chi connectivity index (χ0v) is 15.5. The number of aryl methyl sites for hydroxylation is 1. The van der Waals surface area contributed by atoms with Crippen molar-refractivity contribution >= 4 is 5.91 Å². The van der Waals surface area contributed by atoms with Crippen LogP contribution in [0, 0.1) is 11.6 Å². The Kier molecular flexibility index (Phi) is 4.90. The summed E-state index contributed by atoms with van der Waals surface area (Å²) < 4.78 is 30.2. The van der Waals surface area contributed by atoms with E-state index in [9.17, 15) is 13.6 Å². The van der Waals surface area contributed by atoms with Gasteiger partial charge in [-0.3, -0.25) is 9.78 Å². The molecular weight excluding hydrogens is 362 g/mol. The normalized spacial score (nSPS) is 14.0. The third-order valence-corrected chi connectivity index (χ3v) is 5.10. The molecule has 0 unspecified atom stereocenters. The maximum absolute atomic E-state index is 14.3. The van der Waals surface area contributed by atoms with Crippen LogP contribution < -0.4 is 0 Å². The fourth-order valence-corrected chi connectivity index (χ4v) is 3.37. The van der Waals surface area contributed by atoms with Crippen molar-refractivity contribution in [2.45, 2.75) is 31.8 Å². The van der Waals surface area contributed by atoms with Crippen LogP contribution >= 0.6 is 0 Å². The summed E-state index contributed by atoms with van der Waals surface area (Å²) in [5.41, 5.74) is 1.16. The molecule has 2 heterocycles. The van der Waals surface area contributed by atoms with Crippen LogP contribution in [-0.4, -0.2) is 31.4 Å². The van der Waals surface area contributed by atoms with Crippen molar-refractivity contribution in [3.05, 3.63) is 71.9 Å². The molecule has 1 saturated carbocycles. The number of hydrogen-bond acceptors (Lipinski definition) is 3. The molecule has 1 fully saturated rings. The molecule has 0 aliphatic heterocycles. The molecule has 0 atom stereocenters. The van der Waals surface area contributed by atoms with E-state index in [1.165, 1.54) is 24.4 Å². The van der Waals surface area contributed by atoms with Crippen molar-refractivity contribution in [1.82, 2.24) is 19.4 Å². The molecule has 1 aromatic carbocycles. The largest absolute Gasteiger partial charge is 0.340 e. The molecule has 1 aliphatic rings.